The number of hydrogen-bond donors (Lipinski definition) is 0. The minimum Gasteiger partial charge on any atom is -0.490 e. The van der Waals surface area contributed by atoms with Gasteiger partial charge in [-0.1, -0.05) is 0 Å². The monoisotopic (exact) mass is 237 g/mol. The van der Waals surface area contributed by atoms with Gasteiger partial charge >= 0.3 is 5.97 Å². The minimum atomic E-state index is -0.606. The Bertz CT molecular complexity index is 449. The Kier molecular flexibility index (Phi) is 4.21. The standard InChI is InChI=1S/C11H11NO5/c1-16-10(11(13)17-2)7-8-3-5-9(6-4-8)12(14)15/h3-7H,1-2H3. The molecule has 1 rings (SSSR count). The number of nitro groups is 1. The van der Waals surface area contributed by atoms with Gasteiger partial charge in [0.15, 0.2) is 0 Å². The lowest BCUT2D eigenvalue weighted by Crippen LogP contribution is -2.06. The molecule has 0 fully saturated rings. The molecule has 0 spiro atoms. The second-order valence-electron chi connectivity index (χ2n) is 3.05. The molecule has 0 amide bonds. The zero-order valence-electron chi connectivity index (χ0n) is 9.38. The molecule has 17 heavy (non-hydrogen) atoms. The van der Waals surface area contributed by atoms with Crippen molar-refractivity contribution in [1.29, 1.82) is 0 Å². The Morgan fingerprint density at radius 2 is 1.82 bits per heavy atom. The highest BCUT2D eigenvalue weighted by atomic mass is 16.6. The quantitative estimate of drug-likeness (QED) is 0.262. The summed E-state index contributed by atoms with van der Waals surface area (Å²) in [7, 11) is 2.58. The van der Waals surface area contributed by atoms with E-state index in [1.165, 1.54) is 44.6 Å². The second kappa shape index (κ2) is 5.64. The SMILES string of the molecule is COC(=O)C(=Cc1ccc([N+](=O)[O-])cc1)OC. The number of methoxy groups -OCH3 is 2. The molecular formula is C11H11NO5. The van der Waals surface area contributed by atoms with Crippen molar-refractivity contribution in [3.8, 4) is 0 Å². The maximum atomic E-state index is 11.2. The number of esters is 1. The number of rotatable bonds is 4. The topological polar surface area (TPSA) is 78.7 Å². The van der Waals surface area contributed by atoms with Crippen molar-refractivity contribution in [3.63, 3.8) is 0 Å². The maximum Gasteiger partial charge on any atom is 0.373 e. The first-order valence-corrected chi connectivity index (χ1v) is 4.67. The van der Waals surface area contributed by atoms with Crippen molar-refractivity contribution in [2.75, 3.05) is 14.2 Å². The Morgan fingerprint density at radius 1 is 1.24 bits per heavy atom. The number of carbonyl (C=O) groups is 1. The summed E-state index contributed by atoms with van der Waals surface area (Å²) in [6, 6.07) is 5.72. The van der Waals surface area contributed by atoms with Gasteiger partial charge in [-0.2, -0.15) is 0 Å². The van der Waals surface area contributed by atoms with Crippen molar-refractivity contribution in [3.05, 3.63) is 45.7 Å². The van der Waals surface area contributed by atoms with Crippen molar-refractivity contribution in [2.24, 2.45) is 0 Å². The Balaban J connectivity index is 2.97. The number of non-ortho nitro benzene ring substituents is 1. The number of nitrogens with zero attached hydrogens (tertiary/aromatic N) is 1. The van der Waals surface area contributed by atoms with E-state index >= 15 is 0 Å². The van der Waals surface area contributed by atoms with Crippen LogP contribution >= 0.6 is 0 Å². The van der Waals surface area contributed by atoms with Crippen LogP contribution in [-0.4, -0.2) is 25.1 Å². The van der Waals surface area contributed by atoms with Crippen LogP contribution in [0.15, 0.2) is 30.0 Å². The predicted octanol–water partition coefficient (Wildman–Crippen LogP) is 1.76. The lowest BCUT2D eigenvalue weighted by Gasteiger charge is -2.03. The average Bonchev–Trinajstić information content (AvgIpc) is 2.35. The number of ether oxygens (including phenoxy) is 2. The van der Waals surface area contributed by atoms with Crippen LogP contribution in [0.2, 0.25) is 0 Å². The normalized spacial score (nSPS) is 10.8. The van der Waals surface area contributed by atoms with E-state index < -0.39 is 10.9 Å². The lowest BCUT2D eigenvalue weighted by atomic mass is 10.2. The third-order valence-corrected chi connectivity index (χ3v) is 2.01. The molecule has 0 radical (unpaired) electrons. The molecule has 0 aliphatic heterocycles. The van der Waals surface area contributed by atoms with Gasteiger partial charge < -0.3 is 9.47 Å². The maximum absolute atomic E-state index is 11.2. The summed E-state index contributed by atoms with van der Waals surface area (Å²) in [5, 5.41) is 10.4. The minimum absolute atomic E-state index is 0.0146. The second-order valence-corrected chi connectivity index (χ2v) is 3.05. The zero-order chi connectivity index (χ0) is 12.8. The van der Waals surface area contributed by atoms with E-state index in [2.05, 4.69) is 4.74 Å². The Hall–Kier alpha value is -2.37. The molecule has 0 N–H and O–H groups in total. The van der Waals surface area contributed by atoms with E-state index in [0.717, 1.165) is 0 Å². The highest BCUT2D eigenvalue weighted by Gasteiger charge is 2.10. The smallest absolute Gasteiger partial charge is 0.373 e. The molecule has 0 aliphatic rings. The van der Waals surface area contributed by atoms with E-state index in [0.29, 0.717) is 5.56 Å². The first-order valence-electron chi connectivity index (χ1n) is 4.67. The van der Waals surface area contributed by atoms with Crippen molar-refractivity contribution < 1.29 is 19.2 Å². The van der Waals surface area contributed by atoms with Gasteiger partial charge in [-0.05, 0) is 23.8 Å². The molecule has 0 bridgehead atoms. The molecule has 6 heteroatoms. The zero-order valence-corrected chi connectivity index (χ0v) is 9.38. The predicted molar refractivity (Wildman–Crippen MR) is 60.1 cm³/mol. The molecule has 0 saturated heterocycles. The van der Waals surface area contributed by atoms with Gasteiger partial charge in [-0.25, -0.2) is 4.79 Å². The summed E-state index contributed by atoms with van der Waals surface area (Å²) in [6.07, 6.45) is 1.44. The summed E-state index contributed by atoms with van der Waals surface area (Å²) in [6.45, 7) is 0. The van der Waals surface area contributed by atoms with Gasteiger partial charge in [0, 0.05) is 12.1 Å². The van der Waals surface area contributed by atoms with Crippen LogP contribution in [0, 0.1) is 10.1 Å². The van der Waals surface area contributed by atoms with E-state index in [9.17, 15) is 14.9 Å². The summed E-state index contributed by atoms with van der Waals surface area (Å²) in [5.41, 5.74) is 0.594. The van der Waals surface area contributed by atoms with E-state index in [1.807, 2.05) is 0 Å². The fourth-order valence-corrected chi connectivity index (χ4v) is 1.15. The van der Waals surface area contributed by atoms with Crippen LogP contribution in [0.5, 0.6) is 0 Å². The molecule has 0 heterocycles. The fraction of sp³-hybridized carbons (Fsp3) is 0.182. The van der Waals surface area contributed by atoms with Crippen LogP contribution < -0.4 is 0 Å². The average molecular weight is 237 g/mol. The molecule has 0 atom stereocenters. The van der Waals surface area contributed by atoms with Crippen LogP contribution in [0.3, 0.4) is 0 Å². The van der Waals surface area contributed by atoms with Gasteiger partial charge in [0.1, 0.15) is 0 Å². The van der Waals surface area contributed by atoms with Crippen LogP contribution in [0.25, 0.3) is 6.08 Å². The van der Waals surface area contributed by atoms with Gasteiger partial charge in [0.05, 0.1) is 19.1 Å². The third-order valence-electron chi connectivity index (χ3n) is 2.01. The van der Waals surface area contributed by atoms with Crippen molar-refractivity contribution >= 4 is 17.7 Å². The van der Waals surface area contributed by atoms with Crippen molar-refractivity contribution in [1.82, 2.24) is 0 Å². The summed E-state index contributed by atoms with van der Waals surface area (Å²) >= 11 is 0. The Morgan fingerprint density at radius 3 is 2.24 bits per heavy atom. The van der Waals surface area contributed by atoms with Gasteiger partial charge in [-0.3, -0.25) is 10.1 Å². The highest BCUT2D eigenvalue weighted by molar-refractivity contribution is 5.91. The van der Waals surface area contributed by atoms with E-state index in [1.54, 1.807) is 0 Å². The fourth-order valence-electron chi connectivity index (χ4n) is 1.15. The molecular weight excluding hydrogens is 226 g/mol. The first kappa shape index (κ1) is 12.7. The molecule has 1 aromatic carbocycles. The molecule has 0 saturated carbocycles. The first-order chi connectivity index (χ1) is 8.08. The van der Waals surface area contributed by atoms with E-state index in [-0.39, 0.29) is 11.4 Å². The summed E-state index contributed by atoms with van der Waals surface area (Å²) in [5.74, 6) is -0.577. The van der Waals surface area contributed by atoms with Gasteiger partial charge in [0.2, 0.25) is 5.76 Å². The summed E-state index contributed by atoms with van der Waals surface area (Å²) < 4.78 is 9.33. The number of hydrogen-bond acceptors (Lipinski definition) is 5. The Labute approximate surface area is 97.6 Å². The third kappa shape index (κ3) is 3.30. The molecule has 0 aliphatic carbocycles. The molecule has 0 aromatic heterocycles. The molecule has 6 nitrogen and oxygen atoms in total. The van der Waals surface area contributed by atoms with Crippen LogP contribution in [0.4, 0.5) is 5.69 Å². The molecule has 0 unspecified atom stereocenters. The van der Waals surface area contributed by atoms with Crippen molar-refractivity contribution in [2.45, 2.75) is 0 Å². The molecule has 90 valence electrons. The van der Waals surface area contributed by atoms with Gasteiger partial charge in [0.25, 0.3) is 5.69 Å². The number of benzene rings is 1. The molecule has 1 aromatic rings. The van der Waals surface area contributed by atoms with Crippen LogP contribution in [-0.2, 0) is 14.3 Å². The summed E-state index contributed by atoms with van der Waals surface area (Å²) in [4.78, 5) is 21.1. The lowest BCUT2D eigenvalue weighted by molar-refractivity contribution is -0.384. The van der Waals surface area contributed by atoms with Crippen LogP contribution in [0.1, 0.15) is 5.56 Å². The van der Waals surface area contributed by atoms with Gasteiger partial charge in [-0.15, -0.1) is 0 Å². The number of carbonyl (C=O) groups excluding carboxylic acids is 1. The van der Waals surface area contributed by atoms with E-state index in [4.69, 9.17) is 4.74 Å². The number of nitro benzene ring substituents is 1. The highest BCUT2D eigenvalue weighted by Crippen LogP contribution is 2.14. The largest absolute Gasteiger partial charge is 0.490 e.